The molecule has 0 aromatic heterocycles. The molecule has 6 fully saturated rings. The zero-order valence-electron chi connectivity index (χ0n) is 39.3. The number of hydrogen-bond acceptors (Lipinski definition) is 12. The predicted octanol–water partition coefficient (Wildman–Crippen LogP) is 5.80. The lowest BCUT2D eigenvalue weighted by molar-refractivity contribution is -0.138. The number of nitrogens with zero attached hydrogens (tertiary/aromatic N) is 3. The van der Waals surface area contributed by atoms with Gasteiger partial charge in [0.1, 0.15) is 0 Å². The molecule has 3 spiro atoms. The molecule has 0 radical (unpaired) electrons. The van der Waals surface area contributed by atoms with E-state index < -0.39 is 0 Å². The fraction of sp³-hybridized carbons (Fsp3) is 0.611. The first kappa shape index (κ1) is 41.5. The van der Waals surface area contributed by atoms with Gasteiger partial charge in [0.15, 0.2) is 70.2 Å². The van der Waals surface area contributed by atoms with Gasteiger partial charge < -0.3 is 43.1 Å². The second-order valence-electron chi connectivity index (χ2n) is 21.8. The first-order chi connectivity index (χ1) is 32.0. The normalized spacial score (nSPS) is 38.5. The molecule has 6 bridgehead atoms. The van der Waals surface area contributed by atoms with Gasteiger partial charge in [-0.15, -0.1) is 0 Å². The van der Waals surface area contributed by atoms with Crippen LogP contribution in [-0.4, -0.2) is 131 Å². The lowest BCUT2D eigenvalue weighted by Crippen LogP contribution is -2.65. The molecule has 6 heterocycles. The van der Waals surface area contributed by atoms with Crippen molar-refractivity contribution in [3.63, 3.8) is 0 Å². The van der Waals surface area contributed by atoms with Crippen molar-refractivity contribution in [2.45, 2.75) is 130 Å². The Morgan fingerprint density at radius 1 is 0.470 bits per heavy atom. The highest BCUT2D eigenvalue weighted by Gasteiger charge is 2.68. The van der Waals surface area contributed by atoms with Crippen LogP contribution >= 0.6 is 0 Å². The Morgan fingerprint density at radius 2 is 0.758 bits per heavy atom. The molecule has 66 heavy (non-hydrogen) atoms. The van der Waals surface area contributed by atoms with E-state index in [0.29, 0.717) is 55.1 Å². The van der Waals surface area contributed by atoms with E-state index in [1.54, 1.807) is 21.3 Å². The number of hydrogen-bond donors (Lipinski definition) is 0. The number of methoxy groups -OCH3 is 3. The van der Waals surface area contributed by atoms with Gasteiger partial charge in [0, 0.05) is 70.3 Å². The number of carbonyl (C=O) groups excluding carboxylic acids is 3. The van der Waals surface area contributed by atoms with Crippen LogP contribution in [0.1, 0.15) is 91.2 Å². The molecular weight excluding hydrogens is 835 g/mol. The smallest absolute Gasteiger partial charge is 0.174 e. The van der Waals surface area contributed by atoms with Crippen molar-refractivity contribution in [1.29, 1.82) is 0 Å². The number of ketones is 3. The summed E-state index contributed by atoms with van der Waals surface area (Å²) in [5.74, 6) is 7.38. The van der Waals surface area contributed by atoms with Crippen molar-refractivity contribution in [2.75, 3.05) is 62.1 Å². The second-order valence-corrected chi connectivity index (χ2v) is 21.8. The SMILES string of the molecule is COc1ccc2c3c1O[C@H]1C(=O)CC[C@H]4[C@@H](C2)N(C)CC[C@]314.COc1ccc2c3c1O[C@H]1C(=O)CC[C@H]4[C@@H](C2)N(C)CC[C@]314.COc1ccc2c3c1O[C@H]1C(=O)CC[C@H]4[C@@H](C2)N(C)CC[C@]314. The monoisotopic (exact) mass is 897 g/mol. The van der Waals surface area contributed by atoms with Crippen molar-refractivity contribution in [3.8, 4) is 34.5 Å². The second kappa shape index (κ2) is 14.4. The van der Waals surface area contributed by atoms with E-state index >= 15 is 0 Å². The highest BCUT2D eigenvalue weighted by molar-refractivity contribution is 5.91. The van der Waals surface area contributed by atoms with Crippen LogP contribution < -0.4 is 28.4 Å². The third kappa shape index (κ3) is 5.08. The predicted molar refractivity (Wildman–Crippen MR) is 245 cm³/mol. The fourth-order valence-electron chi connectivity index (χ4n) is 17.0. The van der Waals surface area contributed by atoms with E-state index in [2.05, 4.69) is 54.0 Å². The fourth-order valence-corrected chi connectivity index (χ4v) is 17.0. The van der Waals surface area contributed by atoms with Crippen molar-refractivity contribution in [2.24, 2.45) is 17.8 Å². The Morgan fingerprint density at radius 3 is 1.03 bits per heavy atom. The summed E-state index contributed by atoms with van der Waals surface area (Å²) in [5.41, 5.74) is 7.72. The highest BCUT2D eigenvalue weighted by atomic mass is 16.5. The van der Waals surface area contributed by atoms with Gasteiger partial charge in [0.25, 0.3) is 0 Å². The Hall–Kier alpha value is -4.65. The highest BCUT2D eigenvalue weighted by Crippen LogP contribution is 2.66. The quantitative estimate of drug-likeness (QED) is 0.317. The van der Waals surface area contributed by atoms with Crippen molar-refractivity contribution >= 4 is 17.3 Å². The summed E-state index contributed by atoms with van der Waals surface area (Å²) in [6, 6.07) is 14.2. The molecule has 3 saturated carbocycles. The lowest BCUT2D eigenvalue weighted by Gasteiger charge is -2.57. The van der Waals surface area contributed by atoms with Gasteiger partial charge in [-0.2, -0.15) is 0 Å². The van der Waals surface area contributed by atoms with Crippen LogP contribution in [0, 0.1) is 17.8 Å². The third-order valence-electron chi connectivity index (χ3n) is 19.8. The van der Waals surface area contributed by atoms with E-state index in [-0.39, 0.29) is 51.9 Å². The van der Waals surface area contributed by atoms with Gasteiger partial charge in [-0.25, -0.2) is 0 Å². The molecule has 6 aliphatic heterocycles. The number of carbonyl (C=O) groups is 3. The maximum absolute atomic E-state index is 12.6. The van der Waals surface area contributed by atoms with Gasteiger partial charge in [-0.3, -0.25) is 14.4 Å². The minimum Gasteiger partial charge on any atom is -0.493 e. The average molecular weight is 898 g/mol. The summed E-state index contributed by atoms with van der Waals surface area (Å²) in [4.78, 5) is 45.3. The van der Waals surface area contributed by atoms with E-state index in [1.165, 1.54) is 33.4 Å². The molecule has 0 N–H and O–H groups in total. The minimum absolute atomic E-state index is 0.0933. The maximum atomic E-state index is 12.6. The molecule has 6 aliphatic carbocycles. The van der Waals surface area contributed by atoms with E-state index in [1.807, 2.05) is 18.2 Å². The molecule has 3 aromatic carbocycles. The zero-order valence-corrected chi connectivity index (χ0v) is 39.3. The molecule has 3 saturated heterocycles. The van der Waals surface area contributed by atoms with E-state index in [9.17, 15) is 14.4 Å². The standard InChI is InChI=1S/3C18H21NO3/c3*1-19-8-7-18-11-4-5-13(20)17(18)22-16-14(21-2)6-3-10(15(16)18)9-12(11)19/h3*3,6,11-12,17H,4-5,7-9H2,1-2H3/t3*11-,12+,17-,18-/m000/s1. The molecule has 0 unspecified atom stereocenters. The number of likely N-dealkylation sites (tertiary alicyclic amines) is 3. The first-order valence-corrected chi connectivity index (χ1v) is 24.8. The Balaban J connectivity index is 0.0000000988. The van der Waals surface area contributed by atoms with Crippen molar-refractivity contribution in [3.05, 3.63) is 69.8 Å². The Bertz CT molecular complexity index is 2330. The van der Waals surface area contributed by atoms with Crippen LogP contribution in [0.3, 0.4) is 0 Å². The van der Waals surface area contributed by atoms with Crippen LogP contribution in [0.25, 0.3) is 0 Å². The molecule has 3 aromatic rings. The molecule has 12 aliphatic rings. The van der Waals surface area contributed by atoms with Crippen molar-refractivity contribution in [1.82, 2.24) is 14.7 Å². The topological polar surface area (TPSA) is 116 Å². The van der Waals surface area contributed by atoms with Gasteiger partial charge in [-0.1, -0.05) is 18.2 Å². The number of ether oxygens (including phenoxy) is 6. The molecule has 15 rings (SSSR count). The number of piperidine rings is 3. The summed E-state index contributed by atoms with van der Waals surface area (Å²) in [5, 5.41) is 0. The summed E-state index contributed by atoms with van der Waals surface area (Å²) in [6.07, 6.45) is 10.4. The third-order valence-corrected chi connectivity index (χ3v) is 19.8. The minimum atomic E-state index is -0.284. The number of rotatable bonds is 3. The molecule has 0 amide bonds. The molecule has 12 atom stereocenters. The van der Waals surface area contributed by atoms with Gasteiger partial charge in [-0.05, 0) is 151 Å². The van der Waals surface area contributed by atoms with Gasteiger partial charge in [0.2, 0.25) is 0 Å². The first-order valence-electron chi connectivity index (χ1n) is 24.8. The molecule has 12 nitrogen and oxygen atoms in total. The van der Waals surface area contributed by atoms with Crippen LogP contribution in [0.5, 0.6) is 34.5 Å². The average Bonchev–Trinajstić information content (AvgIpc) is 4.00. The van der Waals surface area contributed by atoms with Crippen LogP contribution in [0.2, 0.25) is 0 Å². The Kier molecular flexibility index (Phi) is 9.08. The van der Waals surface area contributed by atoms with E-state index in [0.717, 1.165) is 112 Å². The number of benzene rings is 3. The van der Waals surface area contributed by atoms with Gasteiger partial charge >= 0.3 is 0 Å². The Labute approximate surface area is 387 Å². The maximum Gasteiger partial charge on any atom is 0.174 e. The van der Waals surface area contributed by atoms with Crippen LogP contribution in [-0.2, 0) is 49.9 Å². The summed E-state index contributed by atoms with van der Waals surface area (Å²) in [6.45, 7) is 3.14. The molecule has 12 heteroatoms. The summed E-state index contributed by atoms with van der Waals surface area (Å²) >= 11 is 0. The molecular formula is C54H63N3O9. The lowest BCUT2D eigenvalue weighted by atomic mass is 9.52. The largest absolute Gasteiger partial charge is 0.493 e. The summed E-state index contributed by atoms with van der Waals surface area (Å²) in [7, 11) is 11.7. The van der Waals surface area contributed by atoms with Crippen LogP contribution in [0.4, 0.5) is 0 Å². The molecule has 348 valence electrons. The number of Topliss-reactive ketones (excluding diaryl/α,β-unsaturated/α-hetero) is 3. The van der Waals surface area contributed by atoms with E-state index in [4.69, 9.17) is 28.4 Å². The van der Waals surface area contributed by atoms with Crippen LogP contribution in [0.15, 0.2) is 36.4 Å². The van der Waals surface area contributed by atoms with Crippen molar-refractivity contribution < 1.29 is 42.8 Å². The zero-order chi connectivity index (χ0) is 45.2. The number of likely N-dealkylation sites (N-methyl/N-ethyl adjacent to an activating group) is 3. The van der Waals surface area contributed by atoms with Gasteiger partial charge in [0.05, 0.1) is 21.3 Å². The summed E-state index contributed by atoms with van der Waals surface area (Å²) < 4.78 is 35.3.